The Balaban J connectivity index is 1.51. The van der Waals surface area contributed by atoms with Crippen molar-refractivity contribution in [2.75, 3.05) is 18.4 Å². The molecule has 4 rings (SSSR count). The Morgan fingerprint density at radius 3 is 2.54 bits per heavy atom. The summed E-state index contributed by atoms with van der Waals surface area (Å²) >= 11 is 0. The molecule has 0 aromatic carbocycles. The third-order valence-corrected chi connectivity index (χ3v) is 5.24. The van der Waals surface area contributed by atoms with E-state index in [1.165, 1.54) is 38.8 Å². The van der Waals surface area contributed by atoms with Crippen molar-refractivity contribution in [1.29, 1.82) is 0 Å². The molecule has 126 valence electrons. The zero-order valence-electron chi connectivity index (χ0n) is 14.5. The molecular formula is C19H25N5. The first-order valence-corrected chi connectivity index (χ1v) is 8.97. The maximum absolute atomic E-state index is 4.79. The topological polar surface area (TPSA) is 53.9 Å². The van der Waals surface area contributed by atoms with Crippen LogP contribution in [0, 0.1) is 13.8 Å². The average molecular weight is 323 g/mol. The number of aromatic nitrogens is 3. The number of likely N-dealkylation sites (tertiary alicyclic amines) is 1. The van der Waals surface area contributed by atoms with Crippen molar-refractivity contribution in [3.05, 3.63) is 35.8 Å². The monoisotopic (exact) mass is 323 g/mol. The maximum Gasteiger partial charge on any atom is 0.163 e. The first-order chi connectivity index (χ1) is 11.7. The molecule has 2 aromatic rings. The minimum atomic E-state index is 0.509. The molecule has 5 nitrogen and oxygen atoms in total. The predicted molar refractivity (Wildman–Crippen MR) is 96.0 cm³/mol. The van der Waals surface area contributed by atoms with Gasteiger partial charge in [-0.3, -0.25) is 4.98 Å². The molecule has 1 saturated heterocycles. The zero-order valence-corrected chi connectivity index (χ0v) is 14.5. The van der Waals surface area contributed by atoms with Gasteiger partial charge in [-0.05, 0) is 51.7 Å². The molecule has 2 aliphatic rings. The van der Waals surface area contributed by atoms with Gasteiger partial charge in [0, 0.05) is 54.4 Å². The molecule has 3 heterocycles. The van der Waals surface area contributed by atoms with Crippen molar-refractivity contribution in [2.45, 2.75) is 51.6 Å². The highest BCUT2D eigenvalue weighted by Gasteiger charge is 2.31. The summed E-state index contributed by atoms with van der Waals surface area (Å²) in [5, 5.41) is 3.68. The van der Waals surface area contributed by atoms with Gasteiger partial charge in [0.15, 0.2) is 5.82 Å². The van der Waals surface area contributed by atoms with E-state index in [1.54, 1.807) is 6.20 Å². The quantitative estimate of drug-likeness (QED) is 0.936. The van der Waals surface area contributed by atoms with Gasteiger partial charge in [0.2, 0.25) is 0 Å². The number of rotatable bonds is 4. The fourth-order valence-corrected chi connectivity index (χ4v) is 3.44. The van der Waals surface area contributed by atoms with Crippen LogP contribution in [0.5, 0.6) is 0 Å². The first kappa shape index (κ1) is 15.5. The maximum atomic E-state index is 4.79. The molecule has 1 saturated carbocycles. The third kappa shape index (κ3) is 3.26. The number of nitrogens with zero attached hydrogens (tertiary/aromatic N) is 4. The van der Waals surface area contributed by atoms with Crippen LogP contribution in [-0.2, 0) is 0 Å². The fraction of sp³-hybridized carbons (Fsp3) is 0.526. The molecule has 1 N–H and O–H groups in total. The van der Waals surface area contributed by atoms with Gasteiger partial charge in [-0.2, -0.15) is 0 Å². The summed E-state index contributed by atoms with van der Waals surface area (Å²) < 4.78 is 0. The lowest BCUT2D eigenvalue weighted by Crippen LogP contribution is -2.40. The highest BCUT2D eigenvalue weighted by Crippen LogP contribution is 2.30. The third-order valence-electron chi connectivity index (χ3n) is 5.24. The summed E-state index contributed by atoms with van der Waals surface area (Å²) in [6.45, 7) is 6.57. The lowest BCUT2D eigenvalue weighted by molar-refractivity contribution is 0.210. The normalized spacial score (nSPS) is 19.4. The van der Waals surface area contributed by atoms with E-state index in [1.807, 2.05) is 18.3 Å². The molecule has 0 unspecified atom stereocenters. The van der Waals surface area contributed by atoms with Crippen LogP contribution in [0.15, 0.2) is 24.5 Å². The smallest absolute Gasteiger partial charge is 0.163 e. The number of anilines is 1. The van der Waals surface area contributed by atoms with Crippen LogP contribution in [0.2, 0.25) is 0 Å². The van der Waals surface area contributed by atoms with E-state index in [4.69, 9.17) is 4.98 Å². The van der Waals surface area contributed by atoms with Crippen molar-refractivity contribution in [1.82, 2.24) is 19.9 Å². The standard InChI is InChI=1S/C19H25N5/c1-13-14(2)21-19(15-4-3-9-20-12-15)23-18(13)22-16-7-10-24(11-8-16)17-5-6-17/h3-4,9,12,16-17H,5-8,10-11H2,1-2H3,(H,21,22,23). The molecule has 0 bridgehead atoms. The lowest BCUT2D eigenvalue weighted by Gasteiger charge is -2.33. The minimum Gasteiger partial charge on any atom is -0.367 e. The number of hydrogen-bond donors (Lipinski definition) is 1. The molecule has 2 fully saturated rings. The summed E-state index contributed by atoms with van der Waals surface area (Å²) in [6.07, 6.45) is 8.79. The van der Waals surface area contributed by atoms with Crippen molar-refractivity contribution >= 4 is 5.82 Å². The van der Waals surface area contributed by atoms with Crippen LogP contribution < -0.4 is 5.32 Å². The molecule has 0 radical (unpaired) electrons. The Labute approximate surface area is 143 Å². The van der Waals surface area contributed by atoms with Crippen LogP contribution in [0.4, 0.5) is 5.82 Å². The molecule has 0 amide bonds. The van der Waals surface area contributed by atoms with Gasteiger partial charge in [0.25, 0.3) is 0 Å². The van der Waals surface area contributed by atoms with Crippen LogP contribution in [0.1, 0.15) is 36.9 Å². The van der Waals surface area contributed by atoms with Crippen molar-refractivity contribution in [3.8, 4) is 11.4 Å². The van der Waals surface area contributed by atoms with Crippen LogP contribution >= 0.6 is 0 Å². The molecule has 1 aliphatic heterocycles. The van der Waals surface area contributed by atoms with Gasteiger partial charge >= 0.3 is 0 Å². The zero-order chi connectivity index (χ0) is 16.5. The Morgan fingerprint density at radius 1 is 1.08 bits per heavy atom. The van der Waals surface area contributed by atoms with Gasteiger partial charge in [-0.1, -0.05) is 0 Å². The SMILES string of the molecule is Cc1nc(-c2cccnc2)nc(NC2CCN(C3CC3)CC2)c1C. The molecule has 1 aliphatic carbocycles. The van der Waals surface area contributed by atoms with Gasteiger partial charge in [0.1, 0.15) is 5.82 Å². The lowest BCUT2D eigenvalue weighted by atomic mass is 10.0. The second-order valence-corrected chi connectivity index (χ2v) is 7.03. The van der Waals surface area contributed by atoms with E-state index in [0.717, 1.165) is 34.5 Å². The van der Waals surface area contributed by atoms with E-state index in [-0.39, 0.29) is 0 Å². The fourth-order valence-electron chi connectivity index (χ4n) is 3.44. The van der Waals surface area contributed by atoms with Crippen molar-refractivity contribution in [2.24, 2.45) is 0 Å². The Bertz CT molecular complexity index is 703. The number of pyridine rings is 1. The van der Waals surface area contributed by atoms with Crippen LogP contribution in [0.25, 0.3) is 11.4 Å². The molecule has 2 aromatic heterocycles. The number of piperidine rings is 1. The molecule has 5 heteroatoms. The summed E-state index contributed by atoms with van der Waals surface area (Å²) in [5.41, 5.74) is 3.14. The summed E-state index contributed by atoms with van der Waals surface area (Å²) in [6, 6.07) is 5.32. The highest BCUT2D eigenvalue weighted by atomic mass is 15.2. The molecule has 0 atom stereocenters. The Hall–Kier alpha value is -2.01. The largest absolute Gasteiger partial charge is 0.367 e. The summed E-state index contributed by atoms with van der Waals surface area (Å²) in [5.74, 6) is 1.73. The van der Waals surface area contributed by atoms with E-state index in [9.17, 15) is 0 Å². The second-order valence-electron chi connectivity index (χ2n) is 7.03. The van der Waals surface area contributed by atoms with Crippen LogP contribution in [0.3, 0.4) is 0 Å². The van der Waals surface area contributed by atoms with Crippen molar-refractivity contribution < 1.29 is 0 Å². The predicted octanol–water partition coefficient (Wildman–Crippen LogP) is 3.19. The van der Waals surface area contributed by atoms with Gasteiger partial charge in [-0.25, -0.2) is 9.97 Å². The summed E-state index contributed by atoms with van der Waals surface area (Å²) in [4.78, 5) is 16.3. The summed E-state index contributed by atoms with van der Waals surface area (Å²) in [7, 11) is 0. The van der Waals surface area contributed by atoms with Gasteiger partial charge in [-0.15, -0.1) is 0 Å². The van der Waals surface area contributed by atoms with E-state index < -0.39 is 0 Å². The molecule has 24 heavy (non-hydrogen) atoms. The number of nitrogens with one attached hydrogen (secondary N) is 1. The number of aryl methyl sites for hydroxylation is 1. The van der Waals surface area contributed by atoms with E-state index >= 15 is 0 Å². The first-order valence-electron chi connectivity index (χ1n) is 8.97. The Morgan fingerprint density at radius 2 is 1.88 bits per heavy atom. The number of hydrogen-bond acceptors (Lipinski definition) is 5. The molecule has 0 spiro atoms. The van der Waals surface area contributed by atoms with Crippen molar-refractivity contribution in [3.63, 3.8) is 0 Å². The minimum absolute atomic E-state index is 0.509. The molecular weight excluding hydrogens is 298 g/mol. The van der Waals surface area contributed by atoms with Gasteiger partial charge in [0.05, 0.1) is 0 Å². The van der Waals surface area contributed by atoms with Crippen LogP contribution in [-0.4, -0.2) is 45.0 Å². The van der Waals surface area contributed by atoms with Gasteiger partial charge < -0.3 is 10.2 Å². The average Bonchev–Trinajstić information content (AvgIpc) is 3.45. The van der Waals surface area contributed by atoms with E-state index in [0.29, 0.717) is 6.04 Å². The Kier molecular flexibility index (Phi) is 4.19. The van der Waals surface area contributed by atoms with E-state index in [2.05, 4.69) is 34.0 Å². The second kappa shape index (κ2) is 6.48. The highest BCUT2D eigenvalue weighted by molar-refractivity contribution is 5.58.